The van der Waals surface area contributed by atoms with Gasteiger partial charge in [0.1, 0.15) is 5.75 Å². The van der Waals surface area contributed by atoms with Crippen LogP contribution in [0.3, 0.4) is 0 Å². The first-order chi connectivity index (χ1) is 10.9. The highest BCUT2D eigenvalue weighted by Gasteiger charge is 2.26. The van der Waals surface area contributed by atoms with Gasteiger partial charge in [-0.1, -0.05) is 6.07 Å². The third kappa shape index (κ3) is 5.47. The Labute approximate surface area is 136 Å². The smallest absolute Gasteiger partial charge is 0.319 e. The van der Waals surface area contributed by atoms with Crippen LogP contribution in [-0.4, -0.2) is 29.3 Å². The van der Waals surface area contributed by atoms with Crippen LogP contribution in [0.1, 0.15) is 39.5 Å². The highest BCUT2D eigenvalue weighted by molar-refractivity contribution is 5.89. The van der Waals surface area contributed by atoms with Crippen molar-refractivity contribution in [3.63, 3.8) is 0 Å². The number of hydrogen-bond acceptors (Lipinski definition) is 3. The molecule has 0 radical (unpaired) electrons. The summed E-state index contributed by atoms with van der Waals surface area (Å²) in [7, 11) is 0. The summed E-state index contributed by atoms with van der Waals surface area (Å²) < 4.78 is 5.59. The first-order valence-corrected chi connectivity index (χ1v) is 8.01. The van der Waals surface area contributed by atoms with Crippen molar-refractivity contribution in [1.82, 2.24) is 5.32 Å². The van der Waals surface area contributed by atoms with Crippen LogP contribution in [-0.2, 0) is 4.79 Å². The van der Waals surface area contributed by atoms with Gasteiger partial charge in [-0.25, -0.2) is 4.79 Å². The first kappa shape index (κ1) is 17.1. The van der Waals surface area contributed by atoms with Crippen LogP contribution in [0.2, 0.25) is 0 Å². The Morgan fingerprint density at radius 1 is 1.22 bits per heavy atom. The van der Waals surface area contributed by atoms with E-state index in [-0.39, 0.29) is 24.1 Å². The first-order valence-electron chi connectivity index (χ1n) is 8.01. The lowest BCUT2D eigenvalue weighted by Crippen LogP contribution is -2.40. The highest BCUT2D eigenvalue weighted by atomic mass is 16.5. The van der Waals surface area contributed by atoms with Gasteiger partial charge in [-0.3, -0.25) is 4.79 Å². The number of aliphatic carboxylic acids is 1. The van der Waals surface area contributed by atoms with Crippen molar-refractivity contribution in [3.05, 3.63) is 24.3 Å². The summed E-state index contributed by atoms with van der Waals surface area (Å²) in [6.07, 6.45) is 2.68. The van der Waals surface area contributed by atoms with Crippen LogP contribution in [0, 0.1) is 5.92 Å². The Hall–Kier alpha value is -2.24. The third-order valence-electron chi connectivity index (χ3n) is 3.88. The van der Waals surface area contributed by atoms with Gasteiger partial charge in [-0.05, 0) is 51.7 Å². The van der Waals surface area contributed by atoms with E-state index in [1.54, 1.807) is 12.1 Å². The fourth-order valence-corrected chi connectivity index (χ4v) is 2.76. The molecule has 126 valence electrons. The number of carboxylic acid groups (broad SMARTS) is 1. The van der Waals surface area contributed by atoms with Gasteiger partial charge < -0.3 is 20.5 Å². The van der Waals surface area contributed by atoms with Crippen molar-refractivity contribution in [3.8, 4) is 5.75 Å². The van der Waals surface area contributed by atoms with Gasteiger partial charge >= 0.3 is 12.0 Å². The molecule has 1 aromatic carbocycles. The number of urea groups is 1. The van der Waals surface area contributed by atoms with E-state index in [4.69, 9.17) is 9.84 Å². The Balaban J connectivity index is 1.82. The summed E-state index contributed by atoms with van der Waals surface area (Å²) in [4.78, 5) is 23.0. The summed E-state index contributed by atoms with van der Waals surface area (Å²) in [6.45, 7) is 3.89. The van der Waals surface area contributed by atoms with E-state index in [1.807, 2.05) is 26.0 Å². The lowest BCUT2D eigenvalue weighted by molar-refractivity contribution is -0.142. The maximum Gasteiger partial charge on any atom is 0.319 e. The largest absolute Gasteiger partial charge is 0.491 e. The molecule has 2 amide bonds. The molecular weight excluding hydrogens is 296 g/mol. The molecule has 1 aromatic rings. The Kier molecular flexibility index (Phi) is 5.84. The molecule has 0 atom stereocenters. The molecule has 1 fully saturated rings. The average Bonchev–Trinajstić information content (AvgIpc) is 2.47. The van der Waals surface area contributed by atoms with E-state index in [0.717, 1.165) is 0 Å². The van der Waals surface area contributed by atoms with Crippen LogP contribution >= 0.6 is 0 Å². The Bertz CT molecular complexity index is 551. The van der Waals surface area contributed by atoms with Crippen molar-refractivity contribution in [2.45, 2.75) is 51.7 Å². The molecule has 0 saturated heterocycles. The van der Waals surface area contributed by atoms with Crippen molar-refractivity contribution in [2.75, 3.05) is 5.32 Å². The predicted octanol–water partition coefficient (Wildman–Crippen LogP) is 3.24. The molecule has 0 heterocycles. The summed E-state index contributed by atoms with van der Waals surface area (Å²) in [5.74, 6) is -0.310. The summed E-state index contributed by atoms with van der Waals surface area (Å²) in [5.41, 5.74) is 0.667. The Morgan fingerprint density at radius 2 is 1.91 bits per heavy atom. The minimum absolute atomic E-state index is 0.0284. The fourth-order valence-electron chi connectivity index (χ4n) is 2.76. The molecule has 1 aliphatic rings. The average molecular weight is 320 g/mol. The molecular formula is C17H24N2O4. The van der Waals surface area contributed by atoms with Gasteiger partial charge in [-0.15, -0.1) is 0 Å². The predicted molar refractivity (Wildman–Crippen MR) is 87.7 cm³/mol. The monoisotopic (exact) mass is 320 g/mol. The molecule has 2 rings (SSSR count). The fraction of sp³-hybridized carbons (Fsp3) is 0.529. The number of hydrogen-bond donors (Lipinski definition) is 3. The molecule has 0 spiro atoms. The number of rotatable bonds is 5. The molecule has 0 aliphatic heterocycles. The molecule has 1 saturated carbocycles. The quantitative estimate of drug-likeness (QED) is 0.777. The van der Waals surface area contributed by atoms with E-state index in [9.17, 15) is 9.59 Å². The van der Waals surface area contributed by atoms with E-state index >= 15 is 0 Å². The SMILES string of the molecule is CC(C)Oc1cccc(NC(=O)NC2CCC(C(=O)O)CC2)c1. The van der Waals surface area contributed by atoms with Gasteiger partial charge in [-0.2, -0.15) is 0 Å². The van der Waals surface area contributed by atoms with Crippen LogP contribution in [0.5, 0.6) is 5.75 Å². The second-order valence-electron chi connectivity index (χ2n) is 6.18. The van der Waals surface area contributed by atoms with Gasteiger partial charge in [0.15, 0.2) is 0 Å². The number of carboxylic acids is 1. The van der Waals surface area contributed by atoms with E-state index in [2.05, 4.69) is 10.6 Å². The number of anilines is 1. The molecule has 23 heavy (non-hydrogen) atoms. The number of benzene rings is 1. The van der Waals surface area contributed by atoms with E-state index in [0.29, 0.717) is 37.1 Å². The van der Waals surface area contributed by atoms with E-state index in [1.165, 1.54) is 0 Å². The maximum absolute atomic E-state index is 12.1. The lowest BCUT2D eigenvalue weighted by atomic mass is 9.86. The number of nitrogens with one attached hydrogen (secondary N) is 2. The van der Waals surface area contributed by atoms with Crippen LogP contribution in [0.25, 0.3) is 0 Å². The molecule has 6 nitrogen and oxygen atoms in total. The number of amides is 2. The van der Waals surface area contributed by atoms with Gasteiger partial charge in [0.25, 0.3) is 0 Å². The van der Waals surface area contributed by atoms with Crippen LogP contribution in [0.4, 0.5) is 10.5 Å². The molecule has 0 bridgehead atoms. The maximum atomic E-state index is 12.1. The number of ether oxygens (including phenoxy) is 1. The van der Waals surface area contributed by atoms with Crippen molar-refractivity contribution in [1.29, 1.82) is 0 Å². The molecule has 3 N–H and O–H groups in total. The second-order valence-corrected chi connectivity index (χ2v) is 6.18. The minimum Gasteiger partial charge on any atom is -0.491 e. The van der Waals surface area contributed by atoms with Crippen molar-refractivity contribution in [2.24, 2.45) is 5.92 Å². The number of carbonyl (C=O) groups excluding carboxylic acids is 1. The molecule has 1 aliphatic carbocycles. The molecule has 6 heteroatoms. The normalized spacial score (nSPS) is 20.8. The summed E-state index contributed by atoms with van der Waals surface area (Å²) >= 11 is 0. The minimum atomic E-state index is -0.741. The second kappa shape index (κ2) is 7.85. The van der Waals surface area contributed by atoms with Crippen molar-refractivity contribution >= 4 is 17.7 Å². The summed E-state index contributed by atoms with van der Waals surface area (Å²) in [6, 6.07) is 7.00. The topological polar surface area (TPSA) is 87.7 Å². The van der Waals surface area contributed by atoms with Gasteiger partial charge in [0.05, 0.1) is 12.0 Å². The van der Waals surface area contributed by atoms with Crippen molar-refractivity contribution < 1.29 is 19.4 Å². The molecule has 0 aromatic heterocycles. The zero-order chi connectivity index (χ0) is 16.8. The zero-order valence-electron chi connectivity index (χ0n) is 13.5. The standard InChI is InChI=1S/C17H24N2O4/c1-11(2)23-15-5-3-4-14(10-15)19-17(22)18-13-8-6-12(7-9-13)16(20)21/h3-5,10-13H,6-9H2,1-2H3,(H,20,21)(H2,18,19,22). The Morgan fingerprint density at radius 3 is 2.52 bits per heavy atom. The van der Waals surface area contributed by atoms with Gasteiger partial charge in [0.2, 0.25) is 0 Å². The zero-order valence-corrected chi connectivity index (χ0v) is 13.5. The number of carbonyl (C=O) groups is 2. The third-order valence-corrected chi connectivity index (χ3v) is 3.88. The summed E-state index contributed by atoms with van der Waals surface area (Å²) in [5, 5.41) is 14.7. The van der Waals surface area contributed by atoms with E-state index < -0.39 is 5.97 Å². The van der Waals surface area contributed by atoms with Gasteiger partial charge in [0, 0.05) is 17.8 Å². The van der Waals surface area contributed by atoms with Crippen LogP contribution < -0.4 is 15.4 Å². The highest BCUT2D eigenvalue weighted by Crippen LogP contribution is 2.24. The molecule has 0 unspecified atom stereocenters. The lowest BCUT2D eigenvalue weighted by Gasteiger charge is -2.26. The van der Waals surface area contributed by atoms with Crippen LogP contribution in [0.15, 0.2) is 24.3 Å².